The number of aromatic nitrogens is 4. The number of carbonyl (C=O) groups is 4. The molecule has 58 heavy (non-hydrogen) atoms. The molecule has 0 bridgehead atoms. The minimum atomic E-state index is -4.84. The van der Waals surface area contributed by atoms with Crippen LogP contribution in [0.5, 0.6) is 0 Å². The first kappa shape index (κ1) is 41.4. The second kappa shape index (κ2) is 16.8. The van der Waals surface area contributed by atoms with E-state index in [0.29, 0.717) is 66.9 Å². The molecule has 1 unspecified atom stereocenters. The predicted octanol–water partition coefficient (Wildman–Crippen LogP) is 2.53. The molecule has 20 heteroatoms. The number of piperidine rings is 1. The number of benzene rings is 2. The van der Waals surface area contributed by atoms with Gasteiger partial charge < -0.3 is 24.7 Å². The normalized spacial score (nSPS) is 20.1. The largest absolute Gasteiger partial charge is 0.0834 e. The molecule has 14 nitrogen and oxygen atoms in total. The molecule has 0 spiro atoms. The maximum atomic E-state index is 14.8. The van der Waals surface area contributed by atoms with Gasteiger partial charge >= 0.3 is 158 Å². The summed E-state index contributed by atoms with van der Waals surface area (Å²) in [5.74, 6) is -2.51. The van der Waals surface area contributed by atoms with Gasteiger partial charge in [0, 0.05) is 69.6 Å². The number of halogens is 5. The van der Waals surface area contributed by atoms with Crippen molar-refractivity contribution < 1.29 is 46.3 Å². The molecule has 4 aromatic rings. The third-order valence-electron chi connectivity index (χ3n) is 11.2. The van der Waals surface area contributed by atoms with Gasteiger partial charge in [0.25, 0.3) is 5.91 Å². The summed E-state index contributed by atoms with van der Waals surface area (Å²) >= 11 is 7.68. The standard InChI is InChI=1S/C38H41AsClF4N9O5/c39-23-1-3-27(30(41)13-23)32-28(33(50-49-32)38(42,43)44)14-25-18-46-34(47-25)35(56)48-24-2-4-26(29(40)15-24)37(58)52-9-7-51(8-10-52)36(57)22-5-11-53(12-6-22,20-31(54)55)19-21-16-45-17-21/h1-4,13,15,18,21-22,45H,5-12,14,16-17,19-20,39H2,(H3-,46,47,48,49,50,54,55,56,58)/p+1. The van der Waals surface area contributed by atoms with Gasteiger partial charge in [0.05, 0.1) is 30.2 Å². The van der Waals surface area contributed by atoms with E-state index in [1.54, 1.807) is 15.9 Å². The van der Waals surface area contributed by atoms with Crippen molar-refractivity contribution in [2.24, 2.45) is 11.8 Å². The van der Waals surface area contributed by atoms with E-state index >= 15 is 0 Å². The van der Waals surface area contributed by atoms with Gasteiger partial charge in [-0.05, 0) is 18.2 Å². The molecular formula is C38H42AsClF4N9O5+. The number of carboxylic acid groups (broad SMARTS) is 1. The molecular weight excluding hydrogens is 849 g/mol. The van der Waals surface area contributed by atoms with E-state index in [0.717, 1.165) is 36.5 Å². The first-order chi connectivity index (χ1) is 27.6. The van der Waals surface area contributed by atoms with E-state index in [1.807, 2.05) is 0 Å². The monoisotopic (exact) mass is 890 g/mol. The molecule has 2 aromatic carbocycles. The fourth-order valence-electron chi connectivity index (χ4n) is 8.08. The Balaban J connectivity index is 0.933. The fourth-order valence-corrected chi connectivity index (χ4v) is 8.85. The van der Waals surface area contributed by atoms with Crippen molar-refractivity contribution in [2.45, 2.75) is 25.4 Å². The van der Waals surface area contributed by atoms with Crippen LogP contribution in [0, 0.1) is 17.7 Å². The molecule has 3 fully saturated rings. The van der Waals surface area contributed by atoms with Crippen LogP contribution in [-0.4, -0.2) is 146 Å². The zero-order chi connectivity index (χ0) is 41.4. The van der Waals surface area contributed by atoms with Crippen molar-refractivity contribution in [3.8, 4) is 11.3 Å². The van der Waals surface area contributed by atoms with Gasteiger partial charge in [0.2, 0.25) is 5.91 Å². The number of carbonyl (C=O) groups excluding carboxylic acids is 3. The number of anilines is 1. The molecule has 3 aliphatic rings. The molecule has 7 rings (SSSR count). The minimum absolute atomic E-state index is 0.0303. The summed E-state index contributed by atoms with van der Waals surface area (Å²) < 4.78 is 57.7. The number of hydrogen-bond donors (Lipinski definition) is 5. The summed E-state index contributed by atoms with van der Waals surface area (Å²) in [4.78, 5) is 61.9. The van der Waals surface area contributed by atoms with Gasteiger partial charge in [-0.15, -0.1) is 0 Å². The van der Waals surface area contributed by atoms with Crippen LogP contribution in [0.15, 0.2) is 42.6 Å². The molecule has 2 aromatic heterocycles. The average Bonchev–Trinajstić information content (AvgIpc) is 3.81. The zero-order valence-electron chi connectivity index (χ0n) is 31.2. The minimum Gasteiger partial charge on any atom is -0.0834 e. The van der Waals surface area contributed by atoms with Crippen LogP contribution in [0.25, 0.3) is 11.3 Å². The molecule has 0 saturated carbocycles. The van der Waals surface area contributed by atoms with Gasteiger partial charge in [-0.25, -0.2) is 4.79 Å². The number of imidazole rings is 1. The summed E-state index contributed by atoms with van der Waals surface area (Å²) in [6, 6.07) is 8.56. The smallest absolute Gasteiger partial charge is 0.0798 e. The van der Waals surface area contributed by atoms with Crippen LogP contribution in [0.1, 0.15) is 50.8 Å². The quantitative estimate of drug-likeness (QED) is 0.0868. The van der Waals surface area contributed by atoms with Crippen LogP contribution in [0.3, 0.4) is 0 Å². The van der Waals surface area contributed by atoms with Crippen molar-refractivity contribution in [1.29, 1.82) is 0 Å². The van der Waals surface area contributed by atoms with Crippen LogP contribution < -0.4 is 15.0 Å². The number of carboxylic acids is 1. The summed E-state index contributed by atoms with van der Waals surface area (Å²) in [5.41, 5.74) is -1.19. The summed E-state index contributed by atoms with van der Waals surface area (Å²) in [6.45, 7) is 5.23. The maximum absolute atomic E-state index is 14.8. The first-order valence-corrected chi connectivity index (χ1v) is 20.4. The van der Waals surface area contributed by atoms with Gasteiger partial charge in [0.15, 0.2) is 6.54 Å². The maximum Gasteiger partial charge on any atom is 0.0798 e. The number of amides is 3. The number of nitrogens with one attached hydrogen (secondary N) is 4. The number of hydrogen-bond acceptors (Lipinski definition) is 7. The van der Waals surface area contributed by atoms with Gasteiger partial charge in [-0.1, -0.05) is 11.6 Å². The SMILES string of the molecule is O=C(O)C[N+]1(CC2CNC2)CCC(C(=O)N2CCN(C(=O)c3ccc(NC(=O)c4ncc(Cc5c(C(F)(F)F)n[nH]c5-c5ccc([AsH2])cc5F)[nH]4)cc3Cl)CC2)CC1. The number of piperazine rings is 1. The third kappa shape index (κ3) is 9.09. The van der Waals surface area contributed by atoms with Gasteiger partial charge in [0.1, 0.15) is 0 Å². The van der Waals surface area contributed by atoms with E-state index in [4.69, 9.17) is 11.6 Å². The summed E-state index contributed by atoms with van der Waals surface area (Å²) in [7, 11) is 0. The first-order valence-electron chi connectivity index (χ1n) is 18.8. The Morgan fingerprint density at radius 1 is 1.02 bits per heavy atom. The van der Waals surface area contributed by atoms with E-state index < -0.39 is 36.0 Å². The Morgan fingerprint density at radius 2 is 1.72 bits per heavy atom. The van der Waals surface area contributed by atoms with Crippen LogP contribution in [-0.2, 0) is 22.2 Å². The van der Waals surface area contributed by atoms with Crippen molar-refractivity contribution in [2.75, 3.05) is 70.8 Å². The second-order valence-electron chi connectivity index (χ2n) is 15.2. The number of rotatable bonds is 11. The summed E-state index contributed by atoms with van der Waals surface area (Å²) in [5, 5.41) is 21.3. The Bertz CT molecular complexity index is 2210. The number of quaternary nitrogens is 1. The van der Waals surface area contributed by atoms with Crippen LogP contribution >= 0.6 is 11.6 Å². The number of alkyl halides is 3. The molecule has 0 radical (unpaired) electrons. The Kier molecular flexibility index (Phi) is 12.0. The fraction of sp³-hybridized carbons (Fsp3) is 0.421. The number of aliphatic carboxylic acids is 1. The Morgan fingerprint density at radius 3 is 2.34 bits per heavy atom. The van der Waals surface area contributed by atoms with Crippen molar-refractivity contribution in [3.63, 3.8) is 0 Å². The molecule has 5 heterocycles. The Labute approximate surface area is 343 Å². The Hall–Kier alpha value is -4.77. The van der Waals surface area contributed by atoms with E-state index in [1.165, 1.54) is 36.5 Å². The molecule has 3 amide bonds. The van der Waals surface area contributed by atoms with E-state index in [-0.39, 0.29) is 68.9 Å². The van der Waals surface area contributed by atoms with Crippen molar-refractivity contribution in [3.05, 3.63) is 81.8 Å². The number of H-pyrrole nitrogens is 2. The van der Waals surface area contributed by atoms with Crippen LogP contribution in [0.4, 0.5) is 23.2 Å². The third-order valence-corrected chi connectivity index (χ3v) is 12.2. The zero-order valence-corrected chi connectivity index (χ0v) is 34.4. The molecule has 5 N–H and O–H groups in total. The number of nitrogens with zero attached hydrogens (tertiary/aromatic N) is 5. The topological polar surface area (TPSA) is 176 Å². The molecule has 3 aliphatic heterocycles. The van der Waals surface area contributed by atoms with Gasteiger partial charge in [-0.3, -0.25) is 9.59 Å². The van der Waals surface area contributed by atoms with E-state index in [2.05, 4.69) is 30.8 Å². The van der Waals surface area contributed by atoms with Gasteiger partial charge in [-0.2, -0.15) is 0 Å². The molecule has 3 saturated heterocycles. The van der Waals surface area contributed by atoms with Crippen molar-refractivity contribution >= 4 is 62.2 Å². The van der Waals surface area contributed by atoms with Crippen molar-refractivity contribution in [1.82, 2.24) is 35.3 Å². The average molecular weight is 891 g/mol. The number of aromatic amines is 2. The molecule has 1 atom stereocenters. The van der Waals surface area contributed by atoms with E-state index in [9.17, 15) is 41.8 Å². The number of likely N-dealkylation sites (tertiary alicyclic amines) is 1. The predicted molar refractivity (Wildman–Crippen MR) is 207 cm³/mol. The molecule has 0 aliphatic carbocycles. The summed E-state index contributed by atoms with van der Waals surface area (Å²) in [6.07, 6.45) is -2.78. The second-order valence-corrected chi connectivity index (χ2v) is 17.0. The van der Waals surface area contributed by atoms with Crippen LogP contribution in [0.2, 0.25) is 5.02 Å². The molecule has 308 valence electrons.